The first-order valence-electron chi connectivity index (χ1n) is 11.9. The van der Waals surface area contributed by atoms with Gasteiger partial charge >= 0.3 is 0 Å². The van der Waals surface area contributed by atoms with Crippen molar-refractivity contribution < 1.29 is 13.5 Å². The number of unbranched alkanes of at least 4 members (excludes halogenated alkanes) is 17. The predicted octanol–water partition coefficient (Wildman–Crippen LogP) is 6.83. The molecule has 0 atom stereocenters. The van der Waals surface area contributed by atoms with E-state index in [4.69, 9.17) is 5.11 Å². The molecular weight excluding hydrogens is 356 g/mol. The lowest BCUT2D eigenvalue weighted by Crippen LogP contribution is -2.12. The van der Waals surface area contributed by atoms with Gasteiger partial charge in [0.25, 0.3) is 0 Å². The topological polar surface area (TPSA) is 54.4 Å². The number of hydrogen-bond acceptors (Lipinski definition) is 3. The van der Waals surface area contributed by atoms with E-state index in [-0.39, 0.29) is 12.4 Å². The van der Waals surface area contributed by atoms with Crippen molar-refractivity contribution in [2.45, 2.75) is 129 Å². The third-order valence-corrected chi connectivity index (χ3v) is 7.24. The molecule has 0 aliphatic carbocycles. The van der Waals surface area contributed by atoms with Crippen molar-refractivity contribution >= 4 is 9.84 Å². The summed E-state index contributed by atoms with van der Waals surface area (Å²) in [5.41, 5.74) is 0. The molecule has 164 valence electrons. The minimum Gasteiger partial charge on any atom is -0.396 e. The smallest absolute Gasteiger partial charge is 0.150 e. The molecule has 0 unspecified atom stereocenters. The van der Waals surface area contributed by atoms with Crippen LogP contribution >= 0.6 is 0 Å². The van der Waals surface area contributed by atoms with Crippen LogP contribution < -0.4 is 0 Å². The molecule has 1 N–H and O–H groups in total. The average Bonchev–Trinajstić information content (AvgIpc) is 2.65. The second-order valence-electron chi connectivity index (χ2n) is 8.24. The molecule has 0 heterocycles. The van der Waals surface area contributed by atoms with Crippen LogP contribution in [0.3, 0.4) is 0 Å². The molecule has 0 radical (unpaired) electrons. The molecule has 27 heavy (non-hydrogen) atoms. The highest BCUT2D eigenvalue weighted by molar-refractivity contribution is 7.91. The Morgan fingerprint density at radius 3 is 1.11 bits per heavy atom. The van der Waals surface area contributed by atoms with Gasteiger partial charge in [0.2, 0.25) is 0 Å². The van der Waals surface area contributed by atoms with Gasteiger partial charge in [-0.05, 0) is 12.8 Å². The maximum atomic E-state index is 11.7. The fourth-order valence-electron chi connectivity index (χ4n) is 3.61. The normalized spacial score (nSPS) is 11.9. The predicted molar refractivity (Wildman–Crippen MR) is 119 cm³/mol. The first kappa shape index (κ1) is 26.9. The SMILES string of the molecule is CCCCCCCCCCCCCCCCCCCCS(=O)(=O)CCCO. The third-order valence-electron chi connectivity index (χ3n) is 5.42. The summed E-state index contributed by atoms with van der Waals surface area (Å²) in [6.45, 7) is 2.25. The Morgan fingerprint density at radius 1 is 0.481 bits per heavy atom. The fourth-order valence-corrected chi connectivity index (χ4v) is 5.03. The first-order valence-corrected chi connectivity index (χ1v) is 13.8. The van der Waals surface area contributed by atoms with Crippen LogP contribution in [0.4, 0.5) is 0 Å². The second kappa shape index (κ2) is 20.6. The van der Waals surface area contributed by atoms with Gasteiger partial charge in [0, 0.05) is 6.61 Å². The van der Waals surface area contributed by atoms with E-state index in [2.05, 4.69) is 6.92 Å². The summed E-state index contributed by atoms with van der Waals surface area (Å²) in [5.74, 6) is 0.439. The van der Waals surface area contributed by atoms with Crippen molar-refractivity contribution in [3.05, 3.63) is 0 Å². The van der Waals surface area contributed by atoms with E-state index >= 15 is 0 Å². The molecule has 0 aromatic carbocycles. The van der Waals surface area contributed by atoms with E-state index in [1.54, 1.807) is 0 Å². The Balaban J connectivity index is 3.15. The molecule has 0 bridgehead atoms. The highest BCUT2D eigenvalue weighted by Gasteiger charge is 2.09. The van der Waals surface area contributed by atoms with Gasteiger partial charge in [0.05, 0.1) is 11.5 Å². The number of aliphatic hydroxyl groups is 1. The summed E-state index contributed by atoms with van der Waals surface area (Å²) in [5, 5.41) is 8.69. The highest BCUT2D eigenvalue weighted by Crippen LogP contribution is 2.14. The first-order chi connectivity index (χ1) is 13.1. The van der Waals surface area contributed by atoms with Crippen molar-refractivity contribution in [3.63, 3.8) is 0 Å². The van der Waals surface area contributed by atoms with Crippen LogP contribution in [-0.2, 0) is 9.84 Å². The van der Waals surface area contributed by atoms with E-state index in [1.807, 2.05) is 0 Å². The fraction of sp³-hybridized carbons (Fsp3) is 1.00. The van der Waals surface area contributed by atoms with E-state index in [0.717, 1.165) is 19.3 Å². The Labute approximate surface area is 170 Å². The maximum Gasteiger partial charge on any atom is 0.150 e. The summed E-state index contributed by atoms with van der Waals surface area (Å²) in [4.78, 5) is 0. The lowest BCUT2D eigenvalue weighted by molar-refractivity contribution is 0.295. The van der Waals surface area contributed by atoms with Crippen molar-refractivity contribution in [3.8, 4) is 0 Å². The van der Waals surface area contributed by atoms with Crippen molar-refractivity contribution in [2.75, 3.05) is 18.1 Å². The van der Waals surface area contributed by atoms with Crippen molar-refractivity contribution in [1.29, 1.82) is 0 Å². The molecule has 4 heteroatoms. The number of aliphatic hydroxyl groups excluding tert-OH is 1. The molecule has 0 aliphatic heterocycles. The van der Waals surface area contributed by atoms with Gasteiger partial charge in [-0.1, -0.05) is 116 Å². The minimum absolute atomic E-state index is 0.0294. The van der Waals surface area contributed by atoms with Gasteiger partial charge in [-0.3, -0.25) is 0 Å². The Bertz CT molecular complexity index is 379. The number of hydrogen-bond donors (Lipinski definition) is 1. The van der Waals surface area contributed by atoms with Crippen LogP contribution in [0.1, 0.15) is 129 Å². The minimum atomic E-state index is -2.93. The van der Waals surface area contributed by atoms with E-state index in [9.17, 15) is 8.42 Å². The molecule has 0 aromatic rings. The quantitative estimate of drug-likeness (QED) is 0.201. The summed E-state index contributed by atoms with van der Waals surface area (Å²) in [6.07, 6.45) is 24.2. The van der Waals surface area contributed by atoms with Gasteiger partial charge in [-0.15, -0.1) is 0 Å². The van der Waals surface area contributed by atoms with Gasteiger partial charge in [-0.2, -0.15) is 0 Å². The van der Waals surface area contributed by atoms with Crippen LogP contribution in [-0.4, -0.2) is 31.6 Å². The zero-order valence-corrected chi connectivity index (χ0v) is 19.0. The van der Waals surface area contributed by atoms with Crippen LogP contribution in [0.25, 0.3) is 0 Å². The Kier molecular flexibility index (Phi) is 20.6. The summed E-state index contributed by atoms with van der Waals surface area (Å²) in [7, 11) is -2.93. The second-order valence-corrected chi connectivity index (χ2v) is 10.5. The van der Waals surface area contributed by atoms with E-state index < -0.39 is 9.84 Å². The van der Waals surface area contributed by atoms with Crippen LogP contribution in [0.2, 0.25) is 0 Å². The van der Waals surface area contributed by atoms with Crippen molar-refractivity contribution in [1.82, 2.24) is 0 Å². The summed E-state index contributed by atoms with van der Waals surface area (Å²) < 4.78 is 23.3. The Hall–Kier alpha value is -0.0900. The molecule has 0 amide bonds. The van der Waals surface area contributed by atoms with Gasteiger partial charge < -0.3 is 5.11 Å². The molecule has 0 aliphatic rings. The summed E-state index contributed by atoms with van der Waals surface area (Å²) in [6, 6.07) is 0. The molecule has 0 saturated carbocycles. The van der Waals surface area contributed by atoms with Crippen LogP contribution in [0, 0.1) is 0 Å². The zero-order chi connectivity index (χ0) is 20.1. The van der Waals surface area contributed by atoms with Gasteiger partial charge in [0.1, 0.15) is 9.84 Å². The molecule has 3 nitrogen and oxygen atoms in total. The molecule has 0 saturated heterocycles. The lowest BCUT2D eigenvalue weighted by Gasteiger charge is -2.04. The summed E-state index contributed by atoms with van der Waals surface area (Å²) >= 11 is 0. The zero-order valence-electron chi connectivity index (χ0n) is 18.2. The van der Waals surface area contributed by atoms with E-state index in [0.29, 0.717) is 12.2 Å². The lowest BCUT2D eigenvalue weighted by atomic mass is 10.0. The van der Waals surface area contributed by atoms with E-state index in [1.165, 1.54) is 96.3 Å². The maximum absolute atomic E-state index is 11.7. The van der Waals surface area contributed by atoms with Gasteiger partial charge in [0.15, 0.2) is 0 Å². The van der Waals surface area contributed by atoms with Gasteiger partial charge in [-0.25, -0.2) is 8.42 Å². The average molecular weight is 405 g/mol. The molecule has 0 spiro atoms. The number of rotatable bonds is 22. The third kappa shape index (κ3) is 22.1. The molecule has 0 aromatic heterocycles. The molecule has 0 fully saturated rings. The highest BCUT2D eigenvalue weighted by atomic mass is 32.2. The van der Waals surface area contributed by atoms with Crippen LogP contribution in [0.15, 0.2) is 0 Å². The van der Waals surface area contributed by atoms with Crippen LogP contribution in [0.5, 0.6) is 0 Å². The molecule has 0 rings (SSSR count). The largest absolute Gasteiger partial charge is 0.396 e. The molecular formula is C23H48O3S. The number of sulfone groups is 1. The monoisotopic (exact) mass is 404 g/mol. The van der Waals surface area contributed by atoms with Crippen molar-refractivity contribution in [2.24, 2.45) is 0 Å². The standard InChI is InChI=1S/C23H48O3S/c1-2-3-4-5-6-7-8-9-10-11-12-13-14-15-16-17-18-19-22-27(25,26)23-20-21-24/h24H,2-23H2,1H3. The Morgan fingerprint density at radius 2 is 0.778 bits per heavy atom.